The van der Waals surface area contributed by atoms with Crippen LogP contribution in [0.5, 0.6) is 5.75 Å². The first-order chi connectivity index (χ1) is 13.6. The van der Waals surface area contributed by atoms with E-state index in [2.05, 4.69) is 43.6 Å². The van der Waals surface area contributed by atoms with Crippen LogP contribution < -0.4 is 10.1 Å². The first-order valence-corrected chi connectivity index (χ1v) is 10.3. The van der Waals surface area contributed by atoms with Gasteiger partial charge in [-0.2, -0.15) is 0 Å². The Labute approximate surface area is 182 Å². The molecule has 1 aromatic heterocycles. The molecule has 6 heteroatoms. The second-order valence-corrected chi connectivity index (χ2v) is 8.62. The van der Waals surface area contributed by atoms with Gasteiger partial charge in [-0.3, -0.25) is 0 Å². The Kier molecular flexibility index (Phi) is 6.16. The van der Waals surface area contributed by atoms with Crippen molar-refractivity contribution < 1.29 is 4.74 Å². The van der Waals surface area contributed by atoms with Crippen LogP contribution in [-0.2, 0) is 7.05 Å². The molecule has 154 valence electrons. The number of methoxy groups -OCH3 is 1. The lowest BCUT2D eigenvalue weighted by atomic mass is 9.91. The molecule has 1 N–H and O–H groups in total. The number of ether oxygens (including phenoxy) is 1. The van der Waals surface area contributed by atoms with E-state index in [9.17, 15) is 0 Å². The highest BCUT2D eigenvalue weighted by atomic mass is 35.5. The van der Waals surface area contributed by atoms with Gasteiger partial charge in [-0.15, -0.1) is 0 Å². The third-order valence-corrected chi connectivity index (χ3v) is 5.62. The molecule has 0 aliphatic rings. The second kappa shape index (κ2) is 8.29. The van der Waals surface area contributed by atoms with Crippen molar-refractivity contribution in [1.82, 2.24) is 9.55 Å². The fraction of sp³-hybridized carbons (Fsp3) is 0.348. The summed E-state index contributed by atoms with van der Waals surface area (Å²) in [4.78, 5) is 4.82. The topological polar surface area (TPSA) is 39.1 Å². The fourth-order valence-electron chi connectivity index (χ4n) is 3.92. The molecule has 0 aliphatic heterocycles. The Hall–Kier alpha value is -2.17. The highest BCUT2D eigenvalue weighted by Crippen LogP contribution is 2.38. The van der Waals surface area contributed by atoms with Crippen molar-refractivity contribution in [3.63, 3.8) is 0 Å². The van der Waals surface area contributed by atoms with Crippen LogP contribution in [0.3, 0.4) is 0 Å². The molecule has 29 heavy (non-hydrogen) atoms. The number of allylic oxidation sites excluding steroid dienone is 2. The molecule has 2 aromatic carbocycles. The number of rotatable bonds is 5. The molecule has 0 unspecified atom stereocenters. The molecule has 0 amide bonds. The molecule has 3 aromatic rings. The third kappa shape index (κ3) is 3.96. The summed E-state index contributed by atoms with van der Waals surface area (Å²) in [7, 11) is 3.63. The summed E-state index contributed by atoms with van der Waals surface area (Å²) in [6, 6.07) is 7.70. The minimum Gasteiger partial charge on any atom is -0.495 e. The Balaban J connectivity index is 2.24. The SMILES string of the molecule is COc1cc(Cl)cc(C)c1Nc1nc2c(Cl)ccc(C(=C(C)C)C(C)C)c2n1C. The number of halogens is 2. The van der Waals surface area contributed by atoms with Gasteiger partial charge in [0.1, 0.15) is 11.3 Å². The fourth-order valence-corrected chi connectivity index (χ4v) is 4.38. The van der Waals surface area contributed by atoms with Gasteiger partial charge in [0, 0.05) is 23.7 Å². The lowest BCUT2D eigenvalue weighted by Gasteiger charge is -2.17. The summed E-state index contributed by atoms with van der Waals surface area (Å²) in [5.41, 5.74) is 7.34. The Morgan fingerprint density at radius 1 is 1.17 bits per heavy atom. The average molecular weight is 432 g/mol. The summed E-state index contributed by atoms with van der Waals surface area (Å²) < 4.78 is 7.58. The minimum absolute atomic E-state index is 0.384. The van der Waals surface area contributed by atoms with Crippen LogP contribution in [0.25, 0.3) is 16.6 Å². The van der Waals surface area contributed by atoms with Crippen molar-refractivity contribution in [2.45, 2.75) is 34.6 Å². The summed E-state index contributed by atoms with van der Waals surface area (Å²) in [5, 5.41) is 4.68. The molecule has 0 saturated carbocycles. The van der Waals surface area contributed by atoms with Gasteiger partial charge >= 0.3 is 0 Å². The minimum atomic E-state index is 0.384. The van der Waals surface area contributed by atoms with E-state index >= 15 is 0 Å². The van der Waals surface area contributed by atoms with Crippen LogP contribution >= 0.6 is 23.2 Å². The zero-order valence-electron chi connectivity index (χ0n) is 17.9. The zero-order valence-corrected chi connectivity index (χ0v) is 19.5. The van der Waals surface area contributed by atoms with Crippen molar-refractivity contribution in [3.05, 3.63) is 51.0 Å². The summed E-state index contributed by atoms with van der Waals surface area (Å²) in [5.74, 6) is 1.74. The van der Waals surface area contributed by atoms with E-state index in [0.717, 1.165) is 27.8 Å². The van der Waals surface area contributed by atoms with Gasteiger partial charge in [0.25, 0.3) is 0 Å². The Morgan fingerprint density at radius 2 is 1.86 bits per heavy atom. The third-order valence-electron chi connectivity index (χ3n) is 5.10. The molecule has 0 saturated heterocycles. The van der Waals surface area contributed by atoms with Crippen molar-refractivity contribution in [1.29, 1.82) is 0 Å². The molecule has 0 bridgehead atoms. The van der Waals surface area contributed by atoms with Gasteiger partial charge in [0.2, 0.25) is 5.95 Å². The monoisotopic (exact) mass is 431 g/mol. The number of anilines is 2. The van der Waals surface area contributed by atoms with Gasteiger partial charge in [-0.05, 0) is 50.0 Å². The van der Waals surface area contributed by atoms with Crippen LogP contribution in [0.1, 0.15) is 38.8 Å². The summed E-state index contributed by atoms with van der Waals surface area (Å²) in [6.07, 6.45) is 0. The summed E-state index contributed by atoms with van der Waals surface area (Å²) in [6.45, 7) is 10.7. The van der Waals surface area contributed by atoms with Crippen molar-refractivity contribution in [2.75, 3.05) is 12.4 Å². The van der Waals surface area contributed by atoms with E-state index in [-0.39, 0.29) is 0 Å². The lowest BCUT2D eigenvalue weighted by molar-refractivity contribution is 0.416. The van der Waals surface area contributed by atoms with E-state index in [0.29, 0.717) is 27.7 Å². The van der Waals surface area contributed by atoms with E-state index in [4.69, 9.17) is 32.9 Å². The van der Waals surface area contributed by atoms with Crippen LogP contribution in [0.2, 0.25) is 10.0 Å². The quantitative estimate of drug-likeness (QED) is 0.457. The second-order valence-electron chi connectivity index (χ2n) is 7.78. The molecule has 0 radical (unpaired) electrons. The maximum absolute atomic E-state index is 6.53. The van der Waals surface area contributed by atoms with Crippen LogP contribution in [0.4, 0.5) is 11.6 Å². The highest BCUT2D eigenvalue weighted by Gasteiger charge is 2.20. The molecule has 1 heterocycles. The van der Waals surface area contributed by atoms with E-state index in [1.54, 1.807) is 13.2 Å². The molecular weight excluding hydrogens is 405 g/mol. The zero-order chi connectivity index (χ0) is 21.5. The smallest absolute Gasteiger partial charge is 0.208 e. The number of hydrogen-bond acceptors (Lipinski definition) is 3. The number of nitrogens with one attached hydrogen (secondary N) is 1. The summed E-state index contributed by atoms with van der Waals surface area (Å²) >= 11 is 12.7. The molecule has 0 spiro atoms. The van der Waals surface area contributed by atoms with E-state index in [1.807, 2.05) is 26.1 Å². The van der Waals surface area contributed by atoms with Gasteiger partial charge in [0.05, 0.1) is 23.3 Å². The van der Waals surface area contributed by atoms with Crippen LogP contribution in [0, 0.1) is 12.8 Å². The van der Waals surface area contributed by atoms with Gasteiger partial charge in [-0.25, -0.2) is 4.98 Å². The maximum atomic E-state index is 6.53. The van der Waals surface area contributed by atoms with Gasteiger partial charge in [-0.1, -0.05) is 48.7 Å². The largest absolute Gasteiger partial charge is 0.495 e. The van der Waals surface area contributed by atoms with Crippen LogP contribution in [-0.4, -0.2) is 16.7 Å². The average Bonchev–Trinajstić information content (AvgIpc) is 2.96. The highest BCUT2D eigenvalue weighted by molar-refractivity contribution is 6.35. The van der Waals surface area contributed by atoms with E-state index in [1.165, 1.54) is 11.1 Å². The van der Waals surface area contributed by atoms with Crippen molar-refractivity contribution >= 4 is 51.4 Å². The van der Waals surface area contributed by atoms with Crippen LogP contribution in [0.15, 0.2) is 29.8 Å². The molecule has 0 atom stereocenters. The lowest BCUT2D eigenvalue weighted by Crippen LogP contribution is -2.04. The molecular formula is C23H27Cl2N3O. The predicted molar refractivity (Wildman–Crippen MR) is 125 cm³/mol. The van der Waals surface area contributed by atoms with Crippen molar-refractivity contribution in [3.8, 4) is 5.75 Å². The Bertz CT molecular complexity index is 1110. The molecule has 4 nitrogen and oxygen atoms in total. The van der Waals surface area contributed by atoms with Crippen molar-refractivity contribution in [2.24, 2.45) is 13.0 Å². The first-order valence-electron chi connectivity index (χ1n) is 9.59. The molecule has 3 rings (SSSR count). The van der Waals surface area contributed by atoms with Gasteiger partial charge < -0.3 is 14.6 Å². The number of fused-ring (bicyclic) bond motifs is 1. The molecule has 0 aliphatic carbocycles. The number of aryl methyl sites for hydroxylation is 2. The number of imidazole rings is 1. The number of aromatic nitrogens is 2. The predicted octanol–water partition coefficient (Wildman–Crippen LogP) is 7.39. The first kappa shape index (κ1) is 21.5. The maximum Gasteiger partial charge on any atom is 0.208 e. The standard InChI is InChI=1S/C23H27Cl2N3O/c1-12(2)19(13(3)4)16-8-9-17(25)21-22(16)28(6)23(27-21)26-20-14(5)10-15(24)11-18(20)29-7/h8-12H,1-7H3,(H,26,27). The number of nitrogens with zero attached hydrogens (tertiary/aromatic N) is 2. The number of hydrogen-bond donors (Lipinski definition) is 1. The van der Waals surface area contributed by atoms with E-state index < -0.39 is 0 Å². The Morgan fingerprint density at radius 3 is 2.45 bits per heavy atom. The van der Waals surface area contributed by atoms with Gasteiger partial charge in [0.15, 0.2) is 0 Å². The molecule has 0 fully saturated rings. The number of benzene rings is 2. The normalized spacial score (nSPS) is 11.2.